The summed E-state index contributed by atoms with van der Waals surface area (Å²) >= 11 is 0. The van der Waals surface area contributed by atoms with Crippen molar-refractivity contribution < 1.29 is 0 Å². The van der Waals surface area contributed by atoms with Gasteiger partial charge in [-0.3, -0.25) is 5.32 Å². The van der Waals surface area contributed by atoms with Crippen LogP contribution >= 0.6 is 0 Å². The van der Waals surface area contributed by atoms with Gasteiger partial charge >= 0.3 is 0 Å². The summed E-state index contributed by atoms with van der Waals surface area (Å²) in [6.45, 7) is 8.55. The van der Waals surface area contributed by atoms with Crippen molar-refractivity contribution in [3.63, 3.8) is 0 Å². The predicted molar refractivity (Wildman–Crippen MR) is 59.7 cm³/mol. The Bertz CT molecular complexity index is 158. The molecule has 0 aliphatic heterocycles. The van der Waals surface area contributed by atoms with E-state index in [1.165, 1.54) is 25.7 Å². The number of hydrogen-bond donors (Lipinski definition) is 1. The van der Waals surface area contributed by atoms with Crippen LogP contribution in [0.25, 0.3) is 0 Å². The van der Waals surface area contributed by atoms with Crippen LogP contribution in [0.2, 0.25) is 0 Å². The van der Waals surface area contributed by atoms with Crippen LogP contribution in [0.5, 0.6) is 0 Å². The summed E-state index contributed by atoms with van der Waals surface area (Å²) in [5.74, 6) is 2.78. The third-order valence-electron chi connectivity index (χ3n) is 2.20. The lowest BCUT2D eigenvalue weighted by molar-refractivity contribution is 0.365. The highest BCUT2D eigenvalue weighted by Gasteiger charge is 2.17. The first kappa shape index (κ1) is 12.5. The Kier molecular flexibility index (Phi) is 5.82. The minimum Gasteiger partial charge on any atom is -0.299 e. The highest BCUT2D eigenvalue weighted by molar-refractivity contribution is 5.08. The lowest BCUT2D eigenvalue weighted by Gasteiger charge is -2.27. The molecule has 0 aromatic rings. The quantitative estimate of drug-likeness (QED) is 0.621. The number of terminal acetylenes is 1. The Morgan fingerprint density at radius 1 is 1.23 bits per heavy atom. The molecule has 0 saturated carbocycles. The maximum absolute atomic E-state index is 5.43. The summed E-state index contributed by atoms with van der Waals surface area (Å²) in [4.78, 5) is 0. The van der Waals surface area contributed by atoms with E-state index < -0.39 is 0 Å². The molecule has 0 heterocycles. The van der Waals surface area contributed by atoms with Crippen LogP contribution in [0, 0.1) is 12.3 Å². The molecule has 0 atom stereocenters. The molecule has 0 bridgehead atoms. The average Bonchev–Trinajstić information content (AvgIpc) is 2.05. The zero-order valence-corrected chi connectivity index (χ0v) is 9.48. The number of hydrogen-bond acceptors (Lipinski definition) is 1. The van der Waals surface area contributed by atoms with Gasteiger partial charge in [-0.05, 0) is 26.7 Å². The van der Waals surface area contributed by atoms with Crippen molar-refractivity contribution in [3.05, 3.63) is 0 Å². The topological polar surface area (TPSA) is 12.0 Å². The van der Waals surface area contributed by atoms with Gasteiger partial charge in [0.15, 0.2) is 0 Å². The summed E-state index contributed by atoms with van der Waals surface area (Å²) in [5, 5.41) is 3.51. The van der Waals surface area contributed by atoms with Gasteiger partial charge in [0, 0.05) is 6.04 Å². The first-order valence-electron chi connectivity index (χ1n) is 5.31. The molecular formula is C12H23N. The lowest BCUT2D eigenvalue weighted by atomic mass is 10.0. The minimum absolute atomic E-state index is 0.158. The molecule has 0 unspecified atom stereocenters. The van der Waals surface area contributed by atoms with E-state index in [1.807, 2.05) is 0 Å². The molecule has 1 nitrogen and oxygen atoms in total. The Morgan fingerprint density at radius 3 is 2.00 bits per heavy atom. The Balaban J connectivity index is 4.02. The van der Waals surface area contributed by atoms with Crippen molar-refractivity contribution in [2.45, 2.75) is 65.0 Å². The molecule has 0 aliphatic carbocycles. The second-order valence-corrected chi connectivity index (χ2v) is 4.19. The molecule has 0 radical (unpaired) electrons. The number of rotatable bonds is 6. The SMILES string of the molecule is C#CC(C)(C)NC(CCC)CCC. The van der Waals surface area contributed by atoms with E-state index >= 15 is 0 Å². The van der Waals surface area contributed by atoms with Gasteiger partial charge in [-0.2, -0.15) is 0 Å². The van der Waals surface area contributed by atoms with E-state index in [-0.39, 0.29) is 5.54 Å². The van der Waals surface area contributed by atoms with Crippen LogP contribution in [0.3, 0.4) is 0 Å². The van der Waals surface area contributed by atoms with Crippen molar-refractivity contribution in [3.8, 4) is 12.3 Å². The molecule has 0 aromatic heterocycles. The second kappa shape index (κ2) is 6.05. The molecule has 0 aromatic carbocycles. The van der Waals surface area contributed by atoms with Gasteiger partial charge in [0.05, 0.1) is 5.54 Å². The van der Waals surface area contributed by atoms with Gasteiger partial charge in [-0.25, -0.2) is 0 Å². The van der Waals surface area contributed by atoms with Crippen LogP contribution in [-0.2, 0) is 0 Å². The van der Waals surface area contributed by atoms with Crippen molar-refractivity contribution >= 4 is 0 Å². The van der Waals surface area contributed by atoms with Crippen LogP contribution in [0.1, 0.15) is 53.4 Å². The van der Waals surface area contributed by atoms with Gasteiger partial charge in [0.2, 0.25) is 0 Å². The third kappa shape index (κ3) is 5.71. The summed E-state index contributed by atoms with van der Waals surface area (Å²) < 4.78 is 0. The molecule has 0 rings (SSSR count). The Labute approximate surface area is 83.3 Å². The molecule has 0 spiro atoms. The molecule has 1 N–H and O–H groups in total. The minimum atomic E-state index is -0.158. The van der Waals surface area contributed by atoms with Crippen molar-refractivity contribution in [1.29, 1.82) is 0 Å². The van der Waals surface area contributed by atoms with E-state index in [0.717, 1.165) is 0 Å². The monoisotopic (exact) mass is 181 g/mol. The van der Waals surface area contributed by atoms with Crippen LogP contribution in [-0.4, -0.2) is 11.6 Å². The molecule has 0 amide bonds. The molecule has 1 heteroatoms. The zero-order valence-electron chi connectivity index (χ0n) is 9.48. The van der Waals surface area contributed by atoms with Crippen molar-refractivity contribution in [1.82, 2.24) is 5.32 Å². The fraction of sp³-hybridized carbons (Fsp3) is 0.833. The van der Waals surface area contributed by atoms with E-state index in [4.69, 9.17) is 6.42 Å². The van der Waals surface area contributed by atoms with E-state index in [0.29, 0.717) is 6.04 Å². The Hall–Kier alpha value is -0.480. The van der Waals surface area contributed by atoms with Crippen LogP contribution in [0.15, 0.2) is 0 Å². The maximum Gasteiger partial charge on any atom is 0.0743 e. The molecular weight excluding hydrogens is 158 g/mol. The lowest BCUT2D eigenvalue weighted by Crippen LogP contribution is -2.44. The molecule has 76 valence electrons. The standard InChI is InChI=1S/C12H23N/c1-6-9-11(10-7-2)13-12(4,5)8-3/h3,11,13H,6-7,9-10H2,1-2,4-5H3. The summed E-state index contributed by atoms with van der Waals surface area (Å²) in [5.41, 5.74) is -0.158. The van der Waals surface area contributed by atoms with E-state index in [9.17, 15) is 0 Å². The third-order valence-corrected chi connectivity index (χ3v) is 2.20. The fourth-order valence-electron chi connectivity index (χ4n) is 1.54. The maximum atomic E-state index is 5.43. The van der Waals surface area contributed by atoms with Gasteiger partial charge in [-0.15, -0.1) is 6.42 Å². The normalized spacial score (nSPS) is 11.7. The van der Waals surface area contributed by atoms with E-state index in [1.54, 1.807) is 0 Å². The average molecular weight is 181 g/mol. The summed E-state index contributed by atoms with van der Waals surface area (Å²) in [6, 6.07) is 0.584. The van der Waals surface area contributed by atoms with Crippen LogP contribution in [0.4, 0.5) is 0 Å². The molecule has 0 fully saturated rings. The zero-order chi connectivity index (χ0) is 10.3. The first-order chi connectivity index (χ1) is 6.05. The highest BCUT2D eigenvalue weighted by atomic mass is 15.0. The molecule has 13 heavy (non-hydrogen) atoms. The van der Waals surface area contributed by atoms with Crippen LogP contribution < -0.4 is 5.32 Å². The first-order valence-corrected chi connectivity index (χ1v) is 5.31. The smallest absolute Gasteiger partial charge is 0.0743 e. The summed E-state index contributed by atoms with van der Waals surface area (Å²) in [6.07, 6.45) is 10.3. The second-order valence-electron chi connectivity index (χ2n) is 4.19. The number of nitrogens with one attached hydrogen (secondary N) is 1. The molecule has 0 aliphatic rings. The predicted octanol–water partition coefficient (Wildman–Crippen LogP) is 2.96. The van der Waals surface area contributed by atoms with Crippen molar-refractivity contribution in [2.75, 3.05) is 0 Å². The van der Waals surface area contributed by atoms with E-state index in [2.05, 4.69) is 38.9 Å². The van der Waals surface area contributed by atoms with Gasteiger partial charge in [0.25, 0.3) is 0 Å². The Morgan fingerprint density at radius 2 is 1.69 bits per heavy atom. The summed E-state index contributed by atoms with van der Waals surface area (Å²) in [7, 11) is 0. The molecule has 0 saturated heterocycles. The fourth-order valence-corrected chi connectivity index (χ4v) is 1.54. The highest BCUT2D eigenvalue weighted by Crippen LogP contribution is 2.10. The van der Waals surface area contributed by atoms with Gasteiger partial charge < -0.3 is 0 Å². The van der Waals surface area contributed by atoms with Gasteiger partial charge in [0.1, 0.15) is 0 Å². The van der Waals surface area contributed by atoms with Gasteiger partial charge in [-0.1, -0.05) is 32.6 Å². The largest absolute Gasteiger partial charge is 0.299 e. The van der Waals surface area contributed by atoms with Crippen molar-refractivity contribution in [2.24, 2.45) is 0 Å².